The quantitative estimate of drug-likeness (QED) is 0.675. The van der Waals surface area contributed by atoms with E-state index in [1.807, 2.05) is 5.32 Å². The number of benzene rings is 1. The molecule has 0 saturated carbocycles. The average molecular weight is 336 g/mol. The smallest absolute Gasteiger partial charge is 0.339 e. The molecule has 1 aromatic heterocycles. The molecule has 0 unspecified atom stereocenters. The number of aromatic nitrogens is 1. The summed E-state index contributed by atoms with van der Waals surface area (Å²) < 4.78 is 50.2. The summed E-state index contributed by atoms with van der Waals surface area (Å²) in [5.74, 6) is 4.11. The Morgan fingerprint density at radius 1 is 1.17 bits per heavy atom. The second-order valence-electron chi connectivity index (χ2n) is 4.93. The molecule has 2 aromatic rings. The van der Waals surface area contributed by atoms with E-state index in [0.717, 1.165) is 6.92 Å². The number of hydrogen-bond donors (Lipinski definition) is 1. The van der Waals surface area contributed by atoms with E-state index >= 15 is 0 Å². The lowest BCUT2D eigenvalue weighted by atomic mass is 10.2. The Morgan fingerprint density at radius 3 is 2.46 bits per heavy atom. The van der Waals surface area contributed by atoms with Crippen molar-refractivity contribution in [2.75, 3.05) is 0 Å². The number of halogens is 4. The first-order valence-electron chi connectivity index (χ1n) is 6.87. The lowest BCUT2D eigenvalue weighted by Crippen LogP contribution is -2.43. The van der Waals surface area contributed by atoms with Crippen LogP contribution in [0.2, 0.25) is 0 Å². The molecule has 0 aliphatic rings. The van der Waals surface area contributed by atoms with E-state index in [2.05, 4.69) is 16.8 Å². The monoisotopic (exact) mass is 336 g/mol. The minimum atomic E-state index is -4.52. The van der Waals surface area contributed by atoms with Crippen molar-refractivity contribution < 1.29 is 22.4 Å². The molecule has 124 valence electrons. The summed E-state index contributed by atoms with van der Waals surface area (Å²) in [5.41, 5.74) is 0.762. The Morgan fingerprint density at radius 2 is 1.88 bits per heavy atom. The summed E-state index contributed by atoms with van der Waals surface area (Å²) in [5, 5.41) is 1.82. The molecule has 0 fully saturated rings. The number of rotatable bonds is 2. The van der Waals surface area contributed by atoms with Crippen LogP contribution < -0.4 is 5.32 Å². The maximum absolute atomic E-state index is 13.0. The molecular weight excluding hydrogens is 324 g/mol. The normalized spacial score (nSPS) is 12.0. The van der Waals surface area contributed by atoms with Crippen LogP contribution >= 0.6 is 0 Å². The summed E-state index contributed by atoms with van der Waals surface area (Å²) in [6.45, 7) is 0.844. The van der Waals surface area contributed by atoms with Crippen molar-refractivity contribution >= 4 is 5.91 Å². The van der Waals surface area contributed by atoms with Crippen molar-refractivity contribution in [3.8, 4) is 11.8 Å². The largest absolute Gasteiger partial charge is 0.408 e. The molecule has 0 saturated heterocycles. The molecule has 3 nitrogen and oxygen atoms in total. The number of carbonyl (C=O) groups is 1. The van der Waals surface area contributed by atoms with Crippen molar-refractivity contribution in [2.45, 2.75) is 19.1 Å². The Balaban J connectivity index is 2.07. The molecule has 0 spiro atoms. The third-order valence-electron chi connectivity index (χ3n) is 3.01. The van der Waals surface area contributed by atoms with E-state index in [-0.39, 0.29) is 5.69 Å². The van der Waals surface area contributed by atoms with Gasteiger partial charge in [0.1, 0.15) is 17.6 Å². The minimum absolute atomic E-state index is 0.151. The van der Waals surface area contributed by atoms with Crippen LogP contribution in [-0.2, 0) is 0 Å². The average Bonchev–Trinajstić information content (AvgIpc) is 2.52. The van der Waals surface area contributed by atoms with Crippen molar-refractivity contribution in [1.29, 1.82) is 0 Å². The maximum atomic E-state index is 13.0. The van der Waals surface area contributed by atoms with Gasteiger partial charge in [0.15, 0.2) is 0 Å². The van der Waals surface area contributed by atoms with Crippen molar-refractivity contribution in [2.24, 2.45) is 0 Å². The zero-order chi connectivity index (χ0) is 17.7. The molecule has 0 bridgehead atoms. The van der Waals surface area contributed by atoms with Crippen molar-refractivity contribution in [1.82, 2.24) is 10.3 Å². The number of amides is 1. The number of pyridine rings is 1. The Kier molecular flexibility index (Phi) is 5.19. The van der Waals surface area contributed by atoms with E-state index < -0.39 is 23.9 Å². The topological polar surface area (TPSA) is 42.0 Å². The first-order chi connectivity index (χ1) is 11.3. The second kappa shape index (κ2) is 7.13. The summed E-state index contributed by atoms with van der Waals surface area (Å²) in [6.07, 6.45) is -3.26. The molecule has 1 N–H and O–H groups in total. The van der Waals surface area contributed by atoms with E-state index in [0.29, 0.717) is 11.1 Å². The van der Waals surface area contributed by atoms with Gasteiger partial charge in [-0.25, -0.2) is 9.37 Å². The van der Waals surface area contributed by atoms with Gasteiger partial charge < -0.3 is 5.32 Å². The first kappa shape index (κ1) is 17.5. The standard InChI is InChI=1S/C17H12F4N2O/c1-11(17(19,20)21)23-16(24)15-8-7-13(10-22-15)6-5-12-3-2-4-14(18)9-12/h2-4,7-11H,1H3,(H,23,24)/t11-/m1/s1. The highest BCUT2D eigenvalue weighted by atomic mass is 19.4. The fraction of sp³-hybridized carbons (Fsp3) is 0.176. The van der Waals surface area contributed by atoms with Crippen molar-refractivity contribution in [3.63, 3.8) is 0 Å². The molecule has 1 amide bonds. The number of nitrogens with zero attached hydrogens (tertiary/aromatic N) is 1. The van der Waals surface area contributed by atoms with Crippen LogP contribution in [-0.4, -0.2) is 23.1 Å². The molecule has 7 heteroatoms. The zero-order valence-electron chi connectivity index (χ0n) is 12.5. The van der Waals surface area contributed by atoms with Crippen LogP contribution in [0, 0.1) is 17.7 Å². The molecule has 0 aliphatic heterocycles. The Hall–Kier alpha value is -2.88. The highest BCUT2D eigenvalue weighted by Gasteiger charge is 2.37. The second-order valence-corrected chi connectivity index (χ2v) is 4.93. The molecular formula is C17H12F4N2O. The molecule has 24 heavy (non-hydrogen) atoms. The number of nitrogens with one attached hydrogen (secondary N) is 1. The predicted molar refractivity (Wildman–Crippen MR) is 79.6 cm³/mol. The third-order valence-corrected chi connectivity index (χ3v) is 3.01. The van der Waals surface area contributed by atoms with Gasteiger partial charge in [-0.2, -0.15) is 13.2 Å². The summed E-state index contributed by atoms with van der Waals surface area (Å²) in [4.78, 5) is 15.5. The van der Waals surface area contributed by atoms with Crippen LogP contribution in [0.1, 0.15) is 28.5 Å². The lowest BCUT2D eigenvalue weighted by Gasteiger charge is -2.16. The van der Waals surface area contributed by atoms with Gasteiger partial charge in [0, 0.05) is 17.3 Å². The van der Waals surface area contributed by atoms with E-state index in [1.165, 1.54) is 36.5 Å². The first-order valence-corrected chi connectivity index (χ1v) is 6.87. The molecule has 1 heterocycles. The van der Waals surface area contributed by atoms with Gasteiger partial charge in [0.2, 0.25) is 0 Å². The number of hydrogen-bond acceptors (Lipinski definition) is 2. The maximum Gasteiger partial charge on any atom is 0.408 e. The molecule has 0 aliphatic carbocycles. The fourth-order valence-electron chi connectivity index (χ4n) is 1.67. The molecule has 1 atom stereocenters. The van der Waals surface area contributed by atoms with E-state index in [9.17, 15) is 22.4 Å². The van der Waals surface area contributed by atoms with Gasteiger partial charge in [0.05, 0.1) is 0 Å². The molecule has 0 radical (unpaired) electrons. The summed E-state index contributed by atoms with van der Waals surface area (Å²) >= 11 is 0. The van der Waals surface area contributed by atoms with Gasteiger partial charge in [-0.3, -0.25) is 4.79 Å². The van der Waals surface area contributed by atoms with Crippen LogP contribution in [0.5, 0.6) is 0 Å². The van der Waals surface area contributed by atoms with Crippen LogP contribution in [0.3, 0.4) is 0 Å². The molecule has 1 aromatic carbocycles. The Labute approximate surface area is 135 Å². The Bertz CT molecular complexity index is 789. The number of carbonyl (C=O) groups excluding carboxylic acids is 1. The van der Waals surface area contributed by atoms with Gasteiger partial charge >= 0.3 is 6.18 Å². The van der Waals surface area contributed by atoms with Gasteiger partial charge in [-0.15, -0.1) is 0 Å². The SMILES string of the molecule is C[C@@H](NC(=O)c1ccc(C#Cc2cccc(F)c2)cn1)C(F)(F)F. The highest BCUT2D eigenvalue weighted by molar-refractivity contribution is 5.92. The van der Waals surface area contributed by atoms with Gasteiger partial charge in [-0.05, 0) is 37.3 Å². The van der Waals surface area contributed by atoms with Gasteiger partial charge in [0.25, 0.3) is 5.91 Å². The lowest BCUT2D eigenvalue weighted by molar-refractivity contribution is -0.149. The van der Waals surface area contributed by atoms with Crippen LogP contribution in [0.15, 0.2) is 42.6 Å². The van der Waals surface area contributed by atoms with Gasteiger partial charge in [-0.1, -0.05) is 17.9 Å². The predicted octanol–water partition coefficient (Wildman–Crippen LogP) is 3.30. The summed E-state index contributed by atoms with van der Waals surface area (Å²) in [7, 11) is 0. The van der Waals surface area contributed by atoms with E-state index in [1.54, 1.807) is 6.07 Å². The minimum Gasteiger partial charge on any atom is -0.339 e. The highest BCUT2D eigenvalue weighted by Crippen LogP contribution is 2.19. The number of alkyl halides is 3. The zero-order valence-corrected chi connectivity index (χ0v) is 12.5. The fourth-order valence-corrected chi connectivity index (χ4v) is 1.67. The molecule has 2 rings (SSSR count). The van der Waals surface area contributed by atoms with Crippen molar-refractivity contribution in [3.05, 3.63) is 65.2 Å². The van der Waals surface area contributed by atoms with E-state index in [4.69, 9.17) is 0 Å². The summed E-state index contributed by atoms with van der Waals surface area (Å²) in [6, 6.07) is 6.46. The third kappa shape index (κ3) is 4.81. The van der Waals surface area contributed by atoms with Crippen LogP contribution in [0.4, 0.5) is 17.6 Å². The van der Waals surface area contributed by atoms with Crippen LogP contribution in [0.25, 0.3) is 0 Å².